The molecule has 114 valence electrons. The van der Waals surface area contributed by atoms with Crippen molar-refractivity contribution in [3.63, 3.8) is 0 Å². The molecule has 1 amide bonds. The van der Waals surface area contributed by atoms with Crippen LogP contribution >= 0.6 is 11.6 Å². The highest BCUT2D eigenvalue weighted by Gasteiger charge is 2.19. The number of para-hydroxylation sites is 1. The lowest BCUT2D eigenvalue weighted by molar-refractivity contribution is 0.102. The maximum absolute atomic E-state index is 12.3. The first-order valence-corrected chi connectivity index (χ1v) is 7.49. The molecule has 0 radical (unpaired) electrons. The first-order chi connectivity index (χ1) is 10.6. The number of rotatable bonds is 3. The highest BCUT2D eigenvalue weighted by atomic mass is 35.5. The number of phenolic OH excluding ortho intramolecular Hbond substituents is 1. The van der Waals surface area contributed by atoms with E-state index in [1.54, 1.807) is 24.3 Å². The van der Waals surface area contributed by atoms with Crippen molar-refractivity contribution in [3.05, 3.63) is 58.6 Å². The van der Waals surface area contributed by atoms with Crippen LogP contribution in [0.2, 0.25) is 5.02 Å². The standard InChI is InChI=1S/C17H16ClNO3/c18-14-5-2-6-15(16(14)20)19-17(21)12-4-1-3-11(9-12)13-7-8-22-10-13/h1-6,9,13,20H,7-8,10H2,(H,19,21)/t13-/m1/s1. The third-order valence-electron chi connectivity index (χ3n) is 3.78. The molecule has 1 aliphatic rings. The minimum atomic E-state index is -0.279. The van der Waals surface area contributed by atoms with E-state index in [-0.39, 0.29) is 16.7 Å². The molecule has 0 unspecified atom stereocenters. The Bertz CT molecular complexity index is 696. The van der Waals surface area contributed by atoms with Gasteiger partial charge in [-0.1, -0.05) is 29.8 Å². The van der Waals surface area contributed by atoms with Crippen molar-refractivity contribution >= 4 is 23.2 Å². The Morgan fingerprint density at radius 1 is 1.27 bits per heavy atom. The molecule has 2 aromatic rings. The number of hydrogen-bond acceptors (Lipinski definition) is 3. The average molecular weight is 318 g/mol. The van der Waals surface area contributed by atoms with Crippen molar-refractivity contribution < 1.29 is 14.6 Å². The summed E-state index contributed by atoms with van der Waals surface area (Å²) < 4.78 is 5.39. The normalized spacial score (nSPS) is 17.4. The summed E-state index contributed by atoms with van der Waals surface area (Å²) in [4.78, 5) is 12.3. The van der Waals surface area contributed by atoms with Crippen LogP contribution in [0.25, 0.3) is 0 Å². The van der Waals surface area contributed by atoms with Crippen LogP contribution in [0.5, 0.6) is 5.75 Å². The predicted octanol–water partition coefficient (Wildman–Crippen LogP) is 3.80. The molecule has 1 heterocycles. The lowest BCUT2D eigenvalue weighted by Crippen LogP contribution is -2.12. The second kappa shape index (κ2) is 6.38. The minimum absolute atomic E-state index is 0.127. The lowest BCUT2D eigenvalue weighted by Gasteiger charge is -2.11. The molecule has 0 saturated carbocycles. The van der Waals surface area contributed by atoms with Gasteiger partial charge in [0.25, 0.3) is 5.91 Å². The van der Waals surface area contributed by atoms with E-state index in [0.29, 0.717) is 23.8 Å². The van der Waals surface area contributed by atoms with Crippen molar-refractivity contribution in [3.8, 4) is 5.75 Å². The molecule has 2 N–H and O–H groups in total. The summed E-state index contributed by atoms with van der Waals surface area (Å²) in [5.41, 5.74) is 1.94. The van der Waals surface area contributed by atoms with Gasteiger partial charge in [0.1, 0.15) is 0 Å². The number of carbonyl (C=O) groups excluding carboxylic acids is 1. The van der Waals surface area contributed by atoms with Crippen molar-refractivity contribution in [2.45, 2.75) is 12.3 Å². The lowest BCUT2D eigenvalue weighted by atomic mass is 9.96. The van der Waals surface area contributed by atoms with Gasteiger partial charge < -0.3 is 15.2 Å². The number of phenols is 1. The van der Waals surface area contributed by atoms with Gasteiger partial charge in [-0.25, -0.2) is 0 Å². The second-order valence-electron chi connectivity index (χ2n) is 5.28. The summed E-state index contributed by atoms with van der Waals surface area (Å²) in [6, 6.07) is 12.3. The first kappa shape index (κ1) is 14.9. The number of carbonyl (C=O) groups is 1. The molecule has 3 rings (SSSR count). The van der Waals surface area contributed by atoms with E-state index < -0.39 is 0 Å². The van der Waals surface area contributed by atoms with Gasteiger partial charge in [0.05, 0.1) is 17.3 Å². The average Bonchev–Trinajstić information content (AvgIpc) is 3.06. The molecule has 0 aromatic heterocycles. The molecule has 1 atom stereocenters. The van der Waals surface area contributed by atoms with E-state index in [1.807, 2.05) is 18.2 Å². The highest BCUT2D eigenvalue weighted by molar-refractivity contribution is 6.32. The summed E-state index contributed by atoms with van der Waals surface area (Å²) in [6.45, 7) is 1.46. The van der Waals surface area contributed by atoms with E-state index in [9.17, 15) is 9.90 Å². The van der Waals surface area contributed by atoms with Crippen LogP contribution in [0.1, 0.15) is 28.3 Å². The summed E-state index contributed by atoms with van der Waals surface area (Å²) in [7, 11) is 0. The number of hydrogen-bond donors (Lipinski definition) is 2. The Kier molecular flexibility index (Phi) is 4.32. The molecule has 1 aliphatic heterocycles. The Labute approximate surface area is 133 Å². The van der Waals surface area contributed by atoms with Gasteiger partial charge in [0, 0.05) is 18.1 Å². The quantitative estimate of drug-likeness (QED) is 0.846. The van der Waals surface area contributed by atoms with Crippen molar-refractivity contribution in [1.29, 1.82) is 0 Å². The van der Waals surface area contributed by atoms with Crippen molar-refractivity contribution in [2.24, 2.45) is 0 Å². The Morgan fingerprint density at radius 3 is 2.86 bits per heavy atom. The zero-order chi connectivity index (χ0) is 15.5. The molecule has 5 heteroatoms. The number of nitrogens with one attached hydrogen (secondary N) is 1. The molecule has 1 fully saturated rings. The van der Waals surface area contributed by atoms with E-state index in [1.165, 1.54) is 0 Å². The van der Waals surface area contributed by atoms with Crippen LogP contribution in [-0.2, 0) is 4.74 Å². The van der Waals surface area contributed by atoms with Crippen LogP contribution in [0, 0.1) is 0 Å². The maximum atomic E-state index is 12.3. The van der Waals surface area contributed by atoms with Gasteiger partial charge in [-0.3, -0.25) is 4.79 Å². The van der Waals surface area contributed by atoms with Crippen LogP contribution < -0.4 is 5.32 Å². The molecule has 2 aromatic carbocycles. The van der Waals surface area contributed by atoms with Gasteiger partial charge >= 0.3 is 0 Å². The molecule has 4 nitrogen and oxygen atoms in total. The number of ether oxygens (including phenoxy) is 1. The Hall–Kier alpha value is -2.04. The molecule has 0 spiro atoms. The molecule has 22 heavy (non-hydrogen) atoms. The zero-order valence-electron chi connectivity index (χ0n) is 11.9. The van der Waals surface area contributed by atoms with Gasteiger partial charge in [0.15, 0.2) is 5.75 Å². The summed E-state index contributed by atoms with van der Waals surface area (Å²) in [5.74, 6) is -0.0662. The predicted molar refractivity (Wildman–Crippen MR) is 85.7 cm³/mol. The summed E-state index contributed by atoms with van der Waals surface area (Å²) >= 11 is 5.84. The van der Waals surface area contributed by atoms with Crippen molar-refractivity contribution in [1.82, 2.24) is 0 Å². The molecule has 0 bridgehead atoms. The summed E-state index contributed by atoms with van der Waals surface area (Å²) in [6.07, 6.45) is 0.972. The van der Waals surface area contributed by atoms with Crippen LogP contribution in [0.4, 0.5) is 5.69 Å². The monoisotopic (exact) mass is 317 g/mol. The van der Waals surface area contributed by atoms with Gasteiger partial charge in [-0.05, 0) is 36.2 Å². The SMILES string of the molecule is O=C(Nc1cccc(Cl)c1O)c1cccc([C@@H]2CCOC2)c1. The van der Waals surface area contributed by atoms with E-state index in [0.717, 1.165) is 18.6 Å². The number of amides is 1. The fourth-order valence-electron chi connectivity index (χ4n) is 2.54. The Morgan fingerprint density at radius 2 is 2.09 bits per heavy atom. The third kappa shape index (κ3) is 3.08. The second-order valence-corrected chi connectivity index (χ2v) is 5.68. The Balaban J connectivity index is 1.80. The van der Waals surface area contributed by atoms with E-state index in [2.05, 4.69) is 5.32 Å². The number of halogens is 1. The zero-order valence-corrected chi connectivity index (χ0v) is 12.6. The largest absolute Gasteiger partial charge is 0.504 e. The van der Waals surface area contributed by atoms with Crippen LogP contribution in [0.3, 0.4) is 0 Å². The maximum Gasteiger partial charge on any atom is 0.255 e. The van der Waals surface area contributed by atoms with Gasteiger partial charge in [0.2, 0.25) is 0 Å². The van der Waals surface area contributed by atoms with Gasteiger partial charge in [-0.2, -0.15) is 0 Å². The topological polar surface area (TPSA) is 58.6 Å². The third-order valence-corrected chi connectivity index (χ3v) is 4.09. The number of aromatic hydroxyl groups is 1. The number of anilines is 1. The number of benzene rings is 2. The molecular weight excluding hydrogens is 302 g/mol. The van der Waals surface area contributed by atoms with Gasteiger partial charge in [-0.15, -0.1) is 0 Å². The van der Waals surface area contributed by atoms with E-state index >= 15 is 0 Å². The fraction of sp³-hybridized carbons (Fsp3) is 0.235. The van der Waals surface area contributed by atoms with Crippen molar-refractivity contribution in [2.75, 3.05) is 18.5 Å². The van der Waals surface area contributed by atoms with E-state index in [4.69, 9.17) is 16.3 Å². The first-order valence-electron chi connectivity index (χ1n) is 7.11. The van der Waals surface area contributed by atoms with Crippen LogP contribution in [0.15, 0.2) is 42.5 Å². The minimum Gasteiger partial charge on any atom is -0.504 e. The highest BCUT2D eigenvalue weighted by Crippen LogP contribution is 2.31. The fourth-order valence-corrected chi connectivity index (χ4v) is 2.72. The molecule has 1 saturated heterocycles. The smallest absolute Gasteiger partial charge is 0.255 e. The molecular formula is C17H16ClNO3. The summed E-state index contributed by atoms with van der Waals surface area (Å²) in [5, 5.41) is 12.7. The van der Waals surface area contributed by atoms with Crippen LogP contribution in [-0.4, -0.2) is 24.2 Å². The molecule has 0 aliphatic carbocycles.